The maximum absolute atomic E-state index is 14.8. The van der Waals surface area contributed by atoms with E-state index in [4.69, 9.17) is 67.7 Å². The fraction of sp³-hybridized carbons (Fsp3) is 0.659. The molecule has 1 aromatic carbocycles. The Bertz CT molecular complexity index is 4490. The number of aliphatic hydroxyl groups excluding tert-OH is 2. The third kappa shape index (κ3) is 31.5. The second-order valence-electron chi connectivity index (χ2n) is 33.7. The predicted octanol–water partition coefficient (Wildman–Crippen LogP) is 7.41. The summed E-state index contributed by atoms with van der Waals surface area (Å²) in [5, 5.41) is 67.9. The van der Waals surface area contributed by atoms with Gasteiger partial charge in [-0.1, -0.05) is 76.3 Å². The number of nitrogens with zero attached hydrogens (tertiary/aromatic N) is 8. The van der Waals surface area contributed by atoms with E-state index in [0.29, 0.717) is 159 Å². The van der Waals surface area contributed by atoms with Crippen molar-refractivity contribution in [2.24, 2.45) is 35.5 Å². The van der Waals surface area contributed by atoms with Gasteiger partial charge in [0.05, 0.1) is 134 Å². The molecule has 128 heavy (non-hydrogen) atoms. The van der Waals surface area contributed by atoms with Crippen molar-refractivity contribution in [3.8, 4) is 17.1 Å². The number of alkyl carbamates (subject to hydrolysis) is 1. The Balaban J connectivity index is 0.594. The van der Waals surface area contributed by atoms with E-state index in [-0.39, 0.29) is 144 Å². The summed E-state index contributed by atoms with van der Waals surface area (Å²) in [4.78, 5) is 122. The molecule has 0 radical (unpaired) electrons. The fourth-order valence-electron chi connectivity index (χ4n) is 16.5. The number of amides is 4. The number of ketones is 3. The highest BCUT2D eigenvalue weighted by atomic mass is 16.6. The molecule has 0 unspecified atom stereocenters. The van der Waals surface area contributed by atoms with Crippen LogP contribution in [0.1, 0.15) is 163 Å². The second-order valence-corrected chi connectivity index (χ2v) is 33.7. The first-order valence-corrected chi connectivity index (χ1v) is 45.0. The number of ether oxygens (including phenoxy) is 12. The summed E-state index contributed by atoms with van der Waals surface area (Å²) >= 11 is 0. The molecule has 15 atom stereocenters. The number of aromatic amines is 1. The van der Waals surface area contributed by atoms with Crippen LogP contribution >= 0.6 is 0 Å². The summed E-state index contributed by atoms with van der Waals surface area (Å²) in [5.74, 6) is -9.04. The molecular weight excluding hydrogens is 1660 g/mol. The van der Waals surface area contributed by atoms with Gasteiger partial charge in [0.25, 0.3) is 11.7 Å². The average Bonchev–Trinajstić information content (AvgIpc) is 1.47. The number of hydrogen-bond acceptors (Lipinski definition) is 30. The molecule has 1 saturated carbocycles. The molecule has 7 heterocycles. The Morgan fingerprint density at radius 1 is 0.727 bits per heavy atom. The number of cyclic esters (lactones) is 1. The number of rotatable bonds is 41. The molecule has 708 valence electrons. The van der Waals surface area contributed by atoms with Gasteiger partial charge >= 0.3 is 12.1 Å². The molecule has 4 amide bonds. The Labute approximate surface area is 747 Å². The van der Waals surface area contributed by atoms with Gasteiger partial charge in [0.2, 0.25) is 17.6 Å². The number of nitrogen functional groups attached to an aromatic ring is 1. The van der Waals surface area contributed by atoms with Crippen LogP contribution in [0.3, 0.4) is 0 Å². The lowest BCUT2D eigenvalue weighted by Gasteiger charge is -2.42. The Hall–Kier alpha value is -9.35. The van der Waals surface area contributed by atoms with E-state index in [9.17, 15) is 58.8 Å². The number of carbonyl (C=O) groups is 8. The minimum absolute atomic E-state index is 0.00165. The van der Waals surface area contributed by atoms with E-state index in [2.05, 4.69) is 41.2 Å². The van der Waals surface area contributed by atoms with E-state index in [1.807, 2.05) is 57.2 Å². The standard InChI is InChI=1S/C91H135N13O24/c1-58-17-11-10-12-18-59(2)75(117-8)53-69-23-20-64(7)91(116,128-69)85(112)88(113)102-31-15-13-19-73(102)89(114)127-76(54-74(106)60(3)48-63(6)83(110)84(111)82(109)62(5)47-58)61(4)49-65-21-25-72(77(50-65)118-9)104-55-67(99-101-104)56-126-90(115)95-30-36-122-40-44-123-41-37-120-34-27-79(108)94-29-35-121-39-43-125-46-45-124-42-38-119-33-26-78(107)93-28-14-16-32-103-87-80(86(92)96-57-97-87)81(100-103)71-52-66-51-68(105)22-24-70(66)98-71/h10-12,17-18,22,24,48,51-52,55,57-58,60-62,64-65,69,72-73,75-77,83-84,98,105,110-111,116H,13-16,19-21,23,25-47,49-50,53-54,56H2,1-9H3,(H,93,107)(H,94,108)(H,95,115)(H2,92,96,97)/b12-10?,17-11+,59-18?,63-48+/t58-,60-,61-,62-,64-,65+,69+,72+,73+,75+,76+,77-,83-,84+,91-/m1/s1. The van der Waals surface area contributed by atoms with Gasteiger partial charge in [-0.2, -0.15) is 5.10 Å². The summed E-state index contributed by atoms with van der Waals surface area (Å²) in [6.45, 7) is 17.9. The number of methoxy groups -OCH3 is 2. The first-order chi connectivity index (χ1) is 61.7. The van der Waals surface area contributed by atoms with Crippen molar-refractivity contribution in [2.45, 2.75) is 219 Å². The van der Waals surface area contributed by atoms with Crippen LogP contribution in [0.2, 0.25) is 0 Å². The van der Waals surface area contributed by atoms with Crippen LogP contribution in [0.4, 0.5) is 10.6 Å². The van der Waals surface area contributed by atoms with Crippen LogP contribution in [0, 0.1) is 35.5 Å². The summed E-state index contributed by atoms with van der Waals surface area (Å²) in [6.07, 6.45) is 13.9. The number of phenols is 1. The SMILES string of the molecule is CO[C@H]1C[C@@H]2CC[C@@H](C)[C@@](O)(O2)C(=O)C(=O)N2CCCC[C@H]2C(=O)O[C@H]([C@H](C)C[C@@H]2CC[C@H](n3cc(COC(=O)NCCOCCOCCOCCC(=O)NCCOCCOCCOCCOCCC(=O)NCCCCn4nc(-c5cc6cc(O)ccc6[nH]5)c5c(N)ncnc54)nn3)[C@H](OC)C2)CC(=O)[C@H](C)/C=C(\C)[C@@H](O)[C@@H](O)C(=O)[C@H](C)C[C@H](C)/C=C/C=CC=C1C. The Morgan fingerprint density at radius 3 is 2.07 bits per heavy atom. The third-order valence-corrected chi connectivity index (χ3v) is 23.9. The van der Waals surface area contributed by atoms with Gasteiger partial charge in [0.1, 0.15) is 66.0 Å². The zero-order chi connectivity index (χ0) is 92.1. The van der Waals surface area contributed by atoms with E-state index in [0.717, 1.165) is 39.9 Å². The molecule has 3 aliphatic heterocycles. The zero-order valence-electron chi connectivity index (χ0n) is 75.6. The van der Waals surface area contributed by atoms with E-state index in [1.165, 1.54) is 19.3 Å². The normalized spacial score (nSPS) is 25.6. The predicted molar refractivity (Wildman–Crippen MR) is 471 cm³/mol. The lowest BCUT2D eigenvalue weighted by Crippen LogP contribution is -2.61. The zero-order valence-corrected chi connectivity index (χ0v) is 75.6. The number of anilines is 1. The van der Waals surface area contributed by atoms with Gasteiger partial charge in [-0.05, 0) is 144 Å². The molecule has 4 aliphatic rings. The molecule has 37 nitrogen and oxygen atoms in total. The van der Waals surface area contributed by atoms with Crippen LogP contribution in [-0.4, -0.2) is 294 Å². The van der Waals surface area contributed by atoms with Gasteiger partial charge in [-0.3, -0.25) is 28.8 Å². The highest BCUT2D eigenvalue weighted by Crippen LogP contribution is 2.41. The maximum Gasteiger partial charge on any atom is 0.407 e. The van der Waals surface area contributed by atoms with Crippen molar-refractivity contribution in [1.29, 1.82) is 0 Å². The van der Waals surface area contributed by atoms with Crippen LogP contribution in [0.25, 0.3) is 33.3 Å². The van der Waals surface area contributed by atoms with Crippen molar-refractivity contribution < 1.29 is 116 Å². The van der Waals surface area contributed by atoms with Gasteiger partial charge in [0.15, 0.2) is 11.4 Å². The summed E-state index contributed by atoms with van der Waals surface area (Å²) in [6, 6.07) is 5.51. The maximum atomic E-state index is 14.8. The van der Waals surface area contributed by atoms with Crippen LogP contribution in [0.5, 0.6) is 5.75 Å². The highest BCUT2D eigenvalue weighted by Gasteiger charge is 2.53. The summed E-state index contributed by atoms with van der Waals surface area (Å²) in [7, 11) is 3.16. The first kappa shape index (κ1) is 102. The molecule has 2 bridgehead atoms. The summed E-state index contributed by atoms with van der Waals surface area (Å²) in [5.41, 5.74) is 10.5. The number of unbranched alkanes of at least 4 members (excludes halogenated alkanes) is 1. The molecule has 37 heteroatoms. The lowest BCUT2D eigenvalue weighted by molar-refractivity contribution is -0.265. The number of aryl methyl sites for hydroxylation is 1. The number of piperidine rings is 1. The van der Waals surface area contributed by atoms with Gasteiger partial charge < -0.3 is 109 Å². The van der Waals surface area contributed by atoms with Crippen LogP contribution in [-0.2, 0) is 104 Å². The minimum atomic E-state index is -2.49. The number of phenolic OH excluding ortho intramolecular Hbond substituents is 1. The van der Waals surface area contributed by atoms with Crippen LogP contribution < -0.4 is 21.7 Å². The number of carbonyl (C=O) groups excluding carboxylic acids is 8. The molecule has 4 aromatic heterocycles. The summed E-state index contributed by atoms with van der Waals surface area (Å²) < 4.78 is 72.4. The highest BCUT2D eigenvalue weighted by molar-refractivity contribution is 6.39. The van der Waals surface area contributed by atoms with Gasteiger partial charge in [-0.15, -0.1) is 5.10 Å². The van der Waals surface area contributed by atoms with Crippen molar-refractivity contribution in [1.82, 2.24) is 60.6 Å². The molecular formula is C91H135N13O24. The number of allylic oxidation sites excluding steroid dienone is 6. The molecule has 3 fully saturated rings. The van der Waals surface area contributed by atoms with E-state index >= 15 is 0 Å². The molecule has 0 spiro atoms. The van der Waals surface area contributed by atoms with Gasteiger partial charge in [-0.25, -0.2) is 28.9 Å². The smallest absolute Gasteiger partial charge is 0.407 e. The number of aromatic hydroxyl groups is 1. The van der Waals surface area contributed by atoms with Crippen LogP contribution in [0.15, 0.2) is 84.4 Å². The van der Waals surface area contributed by atoms with Crippen molar-refractivity contribution in [3.63, 3.8) is 0 Å². The number of aromatic nitrogens is 8. The van der Waals surface area contributed by atoms with Crippen molar-refractivity contribution in [3.05, 3.63) is 90.1 Å². The molecule has 5 aromatic rings. The number of esters is 1. The number of benzene rings is 1. The monoisotopic (exact) mass is 1790 g/mol. The molecule has 10 N–H and O–H groups in total. The lowest BCUT2D eigenvalue weighted by atomic mass is 9.77. The number of fused-ring (bicyclic) bond motifs is 5. The Kier molecular flexibility index (Phi) is 42.5. The van der Waals surface area contributed by atoms with Gasteiger partial charge in [0, 0.05) is 101 Å². The number of hydrogen-bond donors (Lipinski definition) is 9. The van der Waals surface area contributed by atoms with E-state index in [1.54, 1.807) is 68.8 Å². The number of aliphatic hydroxyl groups is 3. The minimum Gasteiger partial charge on any atom is -0.508 e. The largest absolute Gasteiger partial charge is 0.508 e. The second kappa shape index (κ2) is 53.1. The first-order valence-electron chi connectivity index (χ1n) is 45.0. The van der Waals surface area contributed by atoms with Crippen molar-refractivity contribution in [2.75, 3.05) is 139 Å². The number of nitrogens with two attached hydrogens (primary N) is 1. The molecule has 2 saturated heterocycles. The quantitative estimate of drug-likeness (QED) is 0.00795. The van der Waals surface area contributed by atoms with Crippen molar-refractivity contribution >= 4 is 74.9 Å². The number of nitrogens with one attached hydrogen (secondary N) is 4. The van der Waals surface area contributed by atoms with E-state index < -0.39 is 95.6 Å². The Morgan fingerprint density at radius 2 is 1.39 bits per heavy atom. The number of H-pyrrole nitrogens is 1. The fourth-order valence-corrected chi connectivity index (χ4v) is 16.5. The molecule has 9 rings (SSSR count). The molecule has 1 aliphatic carbocycles. The number of Topliss-reactive ketones (excluding diaryl/α,β-unsaturated/α-hetero) is 3. The topological polar surface area (TPSA) is 484 Å². The average molecular weight is 1800 g/mol. The third-order valence-electron chi connectivity index (χ3n) is 23.9.